The molecule has 0 amide bonds. The first-order valence-electron chi connectivity index (χ1n) is 7.81. The Kier molecular flexibility index (Phi) is 7.86. The van der Waals surface area contributed by atoms with E-state index in [2.05, 4.69) is 6.58 Å². The van der Waals surface area contributed by atoms with Crippen LogP contribution in [-0.4, -0.2) is 56.4 Å². The average Bonchev–Trinajstić information content (AvgIpc) is 2.34. The van der Waals surface area contributed by atoms with Crippen molar-refractivity contribution in [3.05, 3.63) is 12.2 Å². The van der Waals surface area contributed by atoms with Gasteiger partial charge in [0.2, 0.25) is 5.79 Å². The van der Waals surface area contributed by atoms with Crippen molar-refractivity contribution in [3.63, 3.8) is 0 Å². The highest BCUT2D eigenvalue weighted by molar-refractivity contribution is 6.85. The highest BCUT2D eigenvalue weighted by atomic mass is 28.4. The minimum absolute atomic E-state index is 0.106. The van der Waals surface area contributed by atoms with E-state index in [1.807, 2.05) is 39.7 Å². The van der Waals surface area contributed by atoms with Crippen molar-refractivity contribution >= 4 is 22.6 Å². The Bertz CT molecular complexity index is 432. The van der Waals surface area contributed by atoms with E-state index in [1.165, 1.54) is 6.92 Å². The molecule has 0 aromatic rings. The summed E-state index contributed by atoms with van der Waals surface area (Å²) in [6, 6.07) is 0. The van der Waals surface area contributed by atoms with Gasteiger partial charge in [-0.2, -0.15) is 0 Å². The number of ether oxygens (including phenoxy) is 1. The first-order chi connectivity index (χ1) is 10.2. The van der Waals surface area contributed by atoms with Gasteiger partial charge in [0.25, 0.3) is 0 Å². The van der Waals surface area contributed by atoms with Crippen LogP contribution in [0.25, 0.3) is 0 Å². The molecular weight excluding hydrogens is 332 g/mol. The summed E-state index contributed by atoms with van der Waals surface area (Å²) in [5, 5.41) is 30.4. The minimum atomic E-state index is -2.55. The van der Waals surface area contributed by atoms with Crippen LogP contribution in [0.15, 0.2) is 12.2 Å². The molecule has 3 atom stereocenters. The Hall–Kier alpha value is -0.516. The molecule has 0 aromatic carbocycles. The van der Waals surface area contributed by atoms with E-state index >= 15 is 0 Å². The molecule has 136 valence electrons. The van der Waals surface area contributed by atoms with Gasteiger partial charge in [-0.15, -0.1) is 0 Å². The number of aliphatic hydroxyl groups is 3. The number of aliphatic hydroxyl groups excluding tert-OH is 2. The Balaban J connectivity index is 5.82. The van der Waals surface area contributed by atoms with Gasteiger partial charge in [-0.05, 0) is 46.1 Å². The van der Waals surface area contributed by atoms with E-state index in [-0.39, 0.29) is 5.57 Å². The third kappa shape index (κ3) is 6.13. The SMILES string of the molecule is C=C(C)C(=O)OC(O)(C(O)CO)C(CC)[Si](C)(C)O[Si](C)(C)C. The Morgan fingerprint density at radius 1 is 1.26 bits per heavy atom. The molecule has 3 unspecified atom stereocenters. The van der Waals surface area contributed by atoms with Crippen LogP contribution >= 0.6 is 0 Å². The molecule has 0 radical (unpaired) electrons. The topological polar surface area (TPSA) is 96.2 Å². The molecule has 0 spiro atoms. The lowest BCUT2D eigenvalue weighted by molar-refractivity contribution is -0.254. The lowest BCUT2D eigenvalue weighted by Crippen LogP contribution is -2.60. The molecule has 0 aliphatic rings. The van der Waals surface area contributed by atoms with E-state index < -0.39 is 46.6 Å². The molecule has 8 heteroatoms. The largest absolute Gasteiger partial charge is 0.455 e. The second-order valence-electron chi connectivity index (χ2n) is 7.40. The second kappa shape index (κ2) is 8.04. The summed E-state index contributed by atoms with van der Waals surface area (Å²) >= 11 is 0. The first-order valence-corrected chi connectivity index (χ1v) is 14.2. The predicted molar refractivity (Wildman–Crippen MR) is 94.9 cm³/mol. The average molecular weight is 365 g/mol. The predicted octanol–water partition coefficient (Wildman–Crippen LogP) is 1.98. The molecule has 0 fully saturated rings. The molecule has 0 saturated carbocycles. The van der Waals surface area contributed by atoms with E-state index in [4.69, 9.17) is 8.85 Å². The van der Waals surface area contributed by atoms with E-state index in [0.29, 0.717) is 6.42 Å². The van der Waals surface area contributed by atoms with Crippen LogP contribution in [0.4, 0.5) is 0 Å². The number of carbonyl (C=O) groups excluding carboxylic acids is 1. The molecule has 0 saturated heterocycles. The van der Waals surface area contributed by atoms with Crippen molar-refractivity contribution in [3.8, 4) is 0 Å². The summed E-state index contributed by atoms with van der Waals surface area (Å²) in [4.78, 5) is 11.9. The van der Waals surface area contributed by atoms with Crippen molar-refractivity contribution in [2.24, 2.45) is 0 Å². The van der Waals surface area contributed by atoms with Gasteiger partial charge in [-0.25, -0.2) is 4.79 Å². The summed E-state index contributed by atoms with van der Waals surface area (Å²) < 4.78 is 11.5. The Morgan fingerprint density at radius 2 is 1.74 bits per heavy atom. The third-order valence-corrected chi connectivity index (χ3v) is 10.6. The molecule has 0 bridgehead atoms. The number of hydrogen-bond acceptors (Lipinski definition) is 6. The van der Waals surface area contributed by atoms with Crippen molar-refractivity contribution in [2.45, 2.75) is 70.4 Å². The molecular formula is C15H32O6Si2. The zero-order chi connectivity index (χ0) is 18.6. The van der Waals surface area contributed by atoms with E-state index in [0.717, 1.165) is 0 Å². The van der Waals surface area contributed by atoms with Crippen molar-refractivity contribution in [1.82, 2.24) is 0 Å². The number of carbonyl (C=O) groups is 1. The Morgan fingerprint density at radius 3 is 2.04 bits per heavy atom. The van der Waals surface area contributed by atoms with Crippen LogP contribution < -0.4 is 0 Å². The fraction of sp³-hybridized carbons (Fsp3) is 0.800. The second-order valence-corrected chi connectivity index (χ2v) is 16.3. The van der Waals surface area contributed by atoms with Crippen LogP contribution in [0.2, 0.25) is 38.3 Å². The van der Waals surface area contributed by atoms with Gasteiger partial charge in [0.1, 0.15) is 6.10 Å². The van der Waals surface area contributed by atoms with Crippen LogP contribution in [0.5, 0.6) is 0 Å². The highest BCUT2D eigenvalue weighted by Crippen LogP contribution is 2.41. The fourth-order valence-corrected chi connectivity index (χ4v) is 12.0. The number of hydrogen-bond donors (Lipinski definition) is 3. The smallest absolute Gasteiger partial charge is 0.335 e. The lowest BCUT2D eigenvalue weighted by atomic mass is 10.0. The maximum absolute atomic E-state index is 11.9. The minimum Gasteiger partial charge on any atom is -0.455 e. The van der Waals surface area contributed by atoms with E-state index in [1.54, 1.807) is 0 Å². The number of esters is 1. The van der Waals surface area contributed by atoms with Gasteiger partial charge in [-0.1, -0.05) is 13.5 Å². The molecule has 0 heterocycles. The molecule has 0 rings (SSSR count). The standard InChI is InChI=1S/C15H32O6Si2/c1-9-13(23(7,8)21-22(4,5)6)15(19,12(17)10-16)20-14(18)11(2)3/h12-13,16-17,19H,2,9-10H2,1,3-8H3. The molecule has 0 aliphatic carbocycles. The van der Waals surface area contributed by atoms with Crippen LogP contribution in [-0.2, 0) is 13.6 Å². The van der Waals surface area contributed by atoms with E-state index in [9.17, 15) is 20.1 Å². The summed E-state index contributed by atoms with van der Waals surface area (Å²) in [5.74, 6) is -3.02. The maximum atomic E-state index is 11.9. The quantitative estimate of drug-likeness (QED) is 0.251. The van der Waals surface area contributed by atoms with Gasteiger partial charge in [0, 0.05) is 11.1 Å². The molecule has 3 N–H and O–H groups in total. The first kappa shape index (κ1) is 22.5. The van der Waals surface area contributed by atoms with Crippen molar-refractivity contribution < 1.29 is 29.0 Å². The van der Waals surface area contributed by atoms with Crippen LogP contribution in [0.1, 0.15) is 20.3 Å². The molecule has 6 nitrogen and oxygen atoms in total. The van der Waals surface area contributed by atoms with Crippen molar-refractivity contribution in [1.29, 1.82) is 0 Å². The third-order valence-electron chi connectivity index (χ3n) is 3.57. The number of rotatable bonds is 9. The van der Waals surface area contributed by atoms with Gasteiger partial charge in [0.15, 0.2) is 16.6 Å². The van der Waals surface area contributed by atoms with Gasteiger partial charge in [0.05, 0.1) is 6.61 Å². The van der Waals surface area contributed by atoms with Crippen LogP contribution in [0, 0.1) is 0 Å². The Labute approximate surface area is 141 Å². The highest BCUT2D eigenvalue weighted by Gasteiger charge is 2.55. The lowest BCUT2D eigenvalue weighted by Gasteiger charge is -2.46. The zero-order valence-electron chi connectivity index (χ0n) is 15.3. The molecule has 23 heavy (non-hydrogen) atoms. The van der Waals surface area contributed by atoms with Gasteiger partial charge < -0.3 is 24.2 Å². The zero-order valence-corrected chi connectivity index (χ0v) is 17.3. The normalized spacial score (nSPS) is 18.0. The summed E-state index contributed by atoms with van der Waals surface area (Å²) in [6.45, 7) is 16.0. The van der Waals surface area contributed by atoms with Gasteiger partial charge >= 0.3 is 5.97 Å². The molecule has 0 aliphatic heterocycles. The van der Waals surface area contributed by atoms with Crippen molar-refractivity contribution in [2.75, 3.05) is 6.61 Å². The monoisotopic (exact) mass is 364 g/mol. The summed E-state index contributed by atoms with van der Waals surface area (Å²) in [5.41, 5.74) is -0.499. The fourth-order valence-electron chi connectivity index (χ4n) is 2.88. The summed E-state index contributed by atoms with van der Waals surface area (Å²) in [6.07, 6.45) is -1.19. The molecule has 0 aromatic heterocycles. The van der Waals surface area contributed by atoms with Crippen LogP contribution in [0.3, 0.4) is 0 Å². The maximum Gasteiger partial charge on any atom is 0.335 e. The van der Waals surface area contributed by atoms with Gasteiger partial charge in [-0.3, -0.25) is 0 Å². The summed E-state index contributed by atoms with van der Waals surface area (Å²) in [7, 11) is -4.46.